The predicted octanol–water partition coefficient (Wildman–Crippen LogP) is 3.85. The Hall–Kier alpha value is -3.38. The summed E-state index contributed by atoms with van der Waals surface area (Å²) in [5, 5.41) is 0.486. The van der Waals surface area contributed by atoms with E-state index < -0.39 is 6.04 Å². The van der Waals surface area contributed by atoms with Gasteiger partial charge in [-0.2, -0.15) is 0 Å². The van der Waals surface area contributed by atoms with Gasteiger partial charge in [0.1, 0.15) is 17.9 Å². The average molecular weight is 418 g/mol. The number of carbonyl (C=O) groups excluding carboxylic acids is 1. The Balaban J connectivity index is 1.79. The number of benzene rings is 2. The first-order valence-electron chi connectivity index (χ1n) is 10.4. The molecule has 0 spiro atoms. The van der Waals surface area contributed by atoms with Crippen LogP contribution in [0.4, 0.5) is 0 Å². The van der Waals surface area contributed by atoms with Crippen LogP contribution < -0.4 is 10.2 Å². The minimum Gasteiger partial charge on any atom is -0.490 e. The number of carbonyl (C=O) groups is 1. The van der Waals surface area contributed by atoms with Gasteiger partial charge in [-0.15, -0.1) is 0 Å². The molecule has 2 aromatic carbocycles. The van der Waals surface area contributed by atoms with E-state index in [1.165, 1.54) is 0 Å². The van der Waals surface area contributed by atoms with Crippen LogP contribution in [-0.4, -0.2) is 49.5 Å². The second kappa shape index (κ2) is 8.78. The van der Waals surface area contributed by atoms with E-state index in [4.69, 9.17) is 9.15 Å². The minimum atomic E-state index is -0.487. The van der Waals surface area contributed by atoms with Crippen LogP contribution in [-0.2, 0) is 0 Å². The lowest BCUT2D eigenvalue weighted by Crippen LogP contribution is -2.32. The molecule has 0 saturated heterocycles. The largest absolute Gasteiger partial charge is 0.490 e. The summed E-state index contributed by atoms with van der Waals surface area (Å²) >= 11 is 0. The summed E-state index contributed by atoms with van der Waals surface area (Å²) in [6.07, 6.45) is 2.47. The molecule has 6 heteroatoms. The van der Waals surface area contributed by atoms with Crippen LogP contribution >= 0.6 is 0 Å². The number of nitrogens with zero attached hydrogens (tertiary/aromatic N) is 2. The highest BCUT2D eigenvalue weighted by Gasteiger charge is 2.42. The summed E-state index contributed by atoms with van der Waals surface area (Å²) < 4.78 is 11.5. The molecule has 0 bridgehead atoms. The minimum absolute atomic E-state index is 0.144. The molecule has 4 rings (SSSR count). The molecule has 160 valence electrons. The molecule has 6 nitrogen and oxygen atoms in total. The highest BCUT2D eigenvalue weighted by atomic mass is 16.5. The van der Waals surface area contributed by atoms with Crippen LogP contribution in [0.15, 0.2) is 70.4 Å². The molecule has 2 heterocycles. The molecule has 1 atom stereocenters. The van der Waals surface area contributed by atoms with Crippen molar-refractivity contribution in [2.75, 3.05) is 33.8 Å². The van der Waals surface area contributed by atoms with Gasteiger partial charge in [-0.05, 0) is 56.9 Å². The lowest BCUT2D eigenvalue weighted by molar-refractivity contribution is 0.0722. The normalized spacial score (nSPS) is 15.5. The molecule has 0 aliphatic carbocycles. The van der Waals surface area contributed by atoms with Crippen LogP contribution in [0.2, 0.25) is 0 Å². The number of hydrogen-bond donors (Lipinski definition) is 0. The molecular formula is C25H26N2O4. The van der Waals surface area contributed by atoms with E-state index in [0.717, 1.165) is 18.5 Å². The Morgan fingerprint density at radius 2 is 1.87 bits per heavy atom. The first-order valence-corrected chi connectivity index (χ1v) is 10.4. The van der Waals surface area contributed by atoms with Gasteiger partial charge in [0.15, 0.2) is 5.43 Å². The molecular weight excluding hydrogens is 392 g/mol. The molecule has 0 radical (unpaired) electrons. The molecule has 0 fully saturated rings. The molecule has 1 amide bonds. The average Bonchev–Trinajstić information content (AvgIpc) is 3.05. The number of para-hydroxylation sites is 1. The van der Waals surface area contributed by atoms with Crippen molar-refractivity contribution >= 4 is 16.9 Å². The van der Waals surface area contributed by atoms with Crippen molar-refractivity contribution in [2.24, 2.45) is 0 Å². The summed E-state index contributed by atoms with van der Waals surface area (Å²) in [7, 11) is 4.00. The standard InChI is InChI=1S/C25H26N2O4/c1-4-16-30-18-12-10-17(11-13-18)22-21-23(28)19-8-5-6-9-20(19)31-24(21)25(29)27(22)15-7-14-26(2)3/h4-6,8-13,22H,1,7,14-16H2,2-3H3. The second-order valence-electron chi connectivity index (χ2n) is 7.90. The quantitative estimate of drug-likeness (QED) is 0.520. The summed E-state index contributed by atoms with van der Waals surface area (Å²) in [5.74, 6) is 0.608. The molecule has 1 unspecified atom stereocenters. The van der Waals surface area contributed by atoms with Crippen molar-refractivity contribution in [1.82, 2.24) is 9.80 Å². The van der Waals surface area contributed by atoms with Gasteiger partial charge in [-0.1, -0.05) is 36.9 Å². The van der Waals surface area contributed by atoms with Crippen molar-refractivity contribution in [3.63, 3.8) is 0 Å². The third kappa shape index (κ3) is 3.99. The van der Waals surface area contributed by atoms with Gasteiger partial charge in [-0.3, -0.25) is 9.59 Å². The highest BCUT2D eigenvalue weighted by molar-refractivity contribution is 5.99. The first-order chi connectivity index (χ1) is 15.0. The van der Waals surface area contributed by atoms with E-state index in [1.807, 2.05) is 38.4 Å². The third-order valence-corrected chi connectivity index (χ3v) is 5.44. The Labute approximate surface area is 181 Å². The van der Waals surface area contributed by atoms with E-state index >= 15 is 0 Å². The summed E-state index contributed by atoms with van der Waals surface area (Å²) in [6.45, 7) is 5.43. The van der Waals surface area contributed by atoms with E-state index in [2.05, 4.69) is 11.5 Å². The summed E-state index contributed by atoms with van der Waals surface area (Å²) in [5.41, 5.74) is 1.54. The summed E-state index contributed by atoms with van der Waals surface area (Å²) in [4.78, 5) is 30.5. The number of fused-ring (bicyclic) bond motifs is 2. The Morgan fingerprint density at radius 1 is 1.13 bits per heavy atom. The van der Waals surface area contributed by atoms with E-state index in [0.29, 0.717) is 35.4 Å². The lowest BCUT2D eigenvalue weighted by atomic mass is 9.98. The number of hydrogen-bond acceptors (Lipinski definition) is 5. The fourth-order valence-corrected chi connectivity index (χ4v) is 4.00. The fraction of sp³-hybridized carbons (Fsp3) is 0.280. The van der Waals surface area contributed by atoms with Crippen LogP contribution in [0.5, 0.6) is 5.75 Å². The topological polar surface area (TPSA) is 63.0 Å². The zero-order valence-electron chi connectivity index (χ0n) is 17.8. The maximum atomic E-state index is 13.4. The van der Waals surface area contributed by atoms with Crippen LogP contribution in [0.1, 0.15) is 34.1 Å². The van der Waals surface area contributed by atoms with Gasteiger partial charge >= 0.3 is 0 Å². The van der Waals surface area contributed by atoms with E-state index in [-0.39, 0.29) is 17.1 Å². The zero-order valence-corrected chi connectivity index (χ0v) is 17.8. The maximum absolute atomic E-state index is 13.4. The van der Waals surface area contributed by atoms with Crippen molar-refractivity contribution in [1.29, 1.82) is 0 Å². The second-order valence-corrected chi connectivity index (χ2v) is 7.90. The van der Waals surface area contributed by atoms with Gasteiger partial charge in [0.25, 0.3) is 5.91 Å². The Bertz CT molecular complexity index is 1160. The zero-order chi connectivity index (χ0) is 22.0. The molecule has 31 heavy (non-hydrogen) atoms. The molecule has 3 aromatic rings. The number of amides is 1. The van der Waals surface area contributed by atoms with Gasteiger partial charge in [0.05, 0.1) is 17.0 Å². The molecule has 0 saturated carbocycles. The lowest BCUT2D eigenvalue weighted by Gasteiger charge is -2.26. The van der Waals surface area contributed by atoms with Crippen molar-refractivity contribution in [3.8, 4) is 5.75 Å². The smallest absolute Gasteiger partial charge is 0.290 e. The molecule has 1 aliphatic heterocycles. The third-order valence-electron chi connectivity index (χ3n) is 5.44. The fourth-order valence-electron chi connectivity index (χ4n) is 4.00. The van der Waals surface area contributed by atoms with Crippen LogP contribution in [0, 0.1) is 0 Å². The van der Waals surface area contributed by atoms with Gasteiger partial charge < -0.3 is 19.0 Å². The van der Waals surface area contributed by atoms with Crippen molar-refractivity contribution < 1.29 is 13.9 Å². The Morgan fingerprint density at radius 3 is 2.58 bits per heavy atom. The van der Waals surface area contributed by atoms with Crippen molar-refractivity contribution in [2.45, 2.75) is 12.5 Å². The highest BCUT2D eigenvalue weighted by Crippen LogP contribution is 2.38. The Kier molecular flexibility index (Phi) is 5.91. The molecule has 1 aromatic heterocycles. The number of rotatable bonds is 8. The predicted molar refractivity (Wildman–Crippen MR) is 121 cm³/mol. The van der Waals surface area contributed by atoms with Crippen LogP contribution in [0.25, 0.3) is 11.0 Å². The monoisotopic (exact) mass is 418 g/mol. The SMILES string of the molecule is C=CCOc1ccc(C2c3c(oc4ccccc4c3=O)C(=O)N2CCCN(C)C)cc1. The summed E-state index contributed by atoms with van der Waals surface area (Å²) in [6, 6.07) is 14.1. The first kappa shape index (κ1) is 20.9. The van der Waals surface area contributed by atoms with Gasteiger partial charge in [0, 0.05) is 6.54 Å². The van der Waals surface area contributed by atoms with Crippen molar-refractivity contribution in [3.05, 3.63) is 88.3 Å². The molecule has 0 N–H and O–H groups in total. The van der Waals surface area contributed by atoms with Gasteiger partial charge in [-0.25, -0.2) is 0 Å². The molecule has 1 aliphatic rings. The van der Waals surface area contributed by atoms with Gasteiger partial charge in [0.2, 0.25) is 5.76 Å². The number of ether oxygens (including phenoxy) is 1. The maximum Gasteiger partial charge on any atom is 0.290 e. The van der Waals surface area contributed by atoms with E-state index in [1.54, 1.807) is 35.2 Å². The van der Waals surface area contributed by atoms with Crippen LogP contribution in [0.3, 0.4) is 0 Å². The van der Waals surface area contributed by atoms with E-state index in [9.17, 15) is 9.59 Å².